The highest BCUT2D eigenvalue weighted by atomic mass is 16.6. The Balaban J connectivity index is 2.32. The van der Waals surface area contributed by atoms with Gasteiger partial charge in [-0.2, -0.15) is 0 Å². The quantitative estimate of drug-likeness (QED) is 0.673. The van der Waals surface area contributed by atoms with Gasteiger partial charge in [0.25, 0.3) is 0 Å². The molecule has 0 amide bonds. The van der Waals surface area contributed by atoms with Crippen LogP contribution in [0.5, 0.6) is 0 Å². The Bertz CT molecular complexity index is 605. The van der Waals surface area contributed by atoms with Crippen LogP contribution in [0.4, 0.5) is 0 Å². The first-order valence-corrected chi connectivity index (χ1v) is 6.74. The molecule has 3 heteroatoms. The number of esters is 1. The summed E-state index contributed by atoms with van der Waals surface area (Å²) in [5.74, 6) is -0.515. The van der Waals surface area contributed by atoms with Crippen molar-refractivity contribution in [1.82, 2.24) is 0 Å². The zero-order chi connectivity index (χ0) is 15.2. The fourth-order valence-corrected chi connectivity index (χ4v) is 2.00. The van der Waals surface area contributed by atoms with E-state index in [2.05, 4.69) is 6.58 Å². The van der Waals surface area contributed by atoms with Crippen LogP contribution < -0.4 is 0 Å². The highest BCUT2D eigenvalue weighted by Crippen LogP contribution is 2.32. The van der Waals surface area contributed by atoms with Crippen LogP contribution in [0.1, 0.15) is 30.3 Å². The summed E-state index contributed by atoms with van der Waals surface area (Å²) in [4.78, 5) is 11.8. The molecule has 0 saturated heterocycles. The van der Waals surface area contributed by atoms with Gasteiger partial charge in [0.2, 0.25) is 0 Å². The molecule has 0 bridgehead atoms. The van der Waals surface area contributed by atoms with Crippen molar-refractivity contribution in [3.63, 3.8) is 0 Å². The molecule has 108 valence electrons. The van der Waals surface area contributed by atoms with Crippen molar-refractivity contribution in [3.8, 4) is 0 Å². The third-order valence-electron chi connectivity index (χ3n) is 3.14. The highest BCUT2D eigenvalue weighted by Gasteiger charge is 2.26. The van der Waals surface area contributed by atoms with E-state index in [0.29, 0.717) is 11.1 Å². The molecule has 0 aliphatic carbocycles. The number of ether oxygens (including phenoxy) is 1. The van der Waals surface area contributed by atoms with Crippen LogP contribution in [0.25, 0.3) is 0 Å². The molecule has 0 radical (unpaired) electrons. The van der Waals surface area contributed by atoms with Crippen LogP contribution in [0, 0.1) is 0 Å². The van der Waals surface area contributed by atoms with Crippen molar-refractivity contribution < 1.29 is 14.6 Å². The lowest BCUT2D eigenvalue weighted by atomic mass is 9.98. The van der Waals surface area contributed by atoms with Crippen molar-refractivity contribution in [1.29, 1.82) is 0 Å². The Morgan fingerprint density at radius 2 is 1.48 bits per heavy atom. The molecule has 3 nitrogen and oxygen atoms in total. The molecule has 1 N–H and O–H groups in total. The van der Waals surface area contributed by atoms with Gasteiger partial charge in [0.1, 0.15) is 6.10 Å². The van der Waals surface area contributed by atoms with E-state index < -0.39 is 18.2 Å². The fraction of sp³-hybridized carbons (Fsp3) is 0.167. The van der Waals surface area contributed by atoms with Crippen molar-refractivity contribution >= 4 is 5.97 Å². The summed E-state index contributed by atoms with van der Waals surface area (Å²) in [6.07, 6.45) is -1.70. The Labute approximate surface area is 124 Å². The minimum absolute atomic E-state index is 0.302. The van der Waals surface area contributed by atoms with Crippen molar-refractivity contribution in [3.05, 3.63) is 83.9 Å². The van der Waals surface area contributed by atoms with Crippen molar-refractivity contribution in [2.75, 3.05) is 0 Å². The summed E-state index contributed by atoms with van der Waals surface area (Å²) in [5, 5.41) is 10.6. The van der Waals surface area contributed by atoms with Gasteiger partial charge in [-0.15, -0.1) is 0 Å². The molecule has 2 aromatic carbocycles. The molecule has 0 fully saturated rings. The summed E-state index contributed by atoms with van der Waals surface area (Å²) in [5.41, 5.74) is 1.74. The first-order chi connectivity index (χ1) is 10.1. The van der Waals surface area contributed by atoms with Gasteiger partial charge in [-0.25, -0.2) is 4.79 Å². The fourth-order valence-electron chi connectivity index (χ4n) is 2.00. The number of hydrogen-bond donors (Lipinski definition) is 1. The number of carbonyl (C=O) groups excluding carboxylic acids is 1. The molecule has 0 saturated carbocycles. The molecule has 0 aromatic heterocycles. The van der Waals surface area contributed by atoms with Crippen LogP contribution in [-0.4, -0.2) is 11.1 Å². The lowest BCUT2D eigenvalue weighted by molar-refractivity contribution is -0.151. The van der Waals surface area contributed by atoms with Crippen LogP contribution in [0.3, 0.4) is 0 Å². The van der Waals surface area contributed by atoms with Gasteiger partial charge < -0.3 is 9.84 Å². The molecule has 0 aliphatic heterocycles. The van der Waals surface area contributed by atoms with E-state index >= 15 is 0 Å². The first-order valence-electron chi connectivity index (χ1n) is 6.74. The lowest BCUT2D eigenvalue weighted by Gasteiger charge is -2.24. The highest BCUT2D eigenvalue weighted by molar-refractivity contribution is 5.87. The van der Waals surface area contributed by atoms with Gasteiger partial charge in [-0.1, -0.05) is 67.2 Å². The van der Waals surface area contributed by atoms with Gasteiger partial charge in [0.05, 0.1) is 0 Å². The summed E-state index contributed by atoms with van der Waals surface area (Å²) in [6.45, 7) is 5.16. The van der Waals surface area contributed by atoms with E-state index in [1.54, 1.807) is 19.1 Å². The normalized spacial score (nSPS) is 13.2. The molecule has 0 spiro atoms. The number of aliphatic hydroxyl groups excluding tert-OH is 1. The van der Waals surface area contributed by atoms with E-state index in [-0.39, 0.29) is 0 Å². The Kier molecular flexibility index (Phi) is 4.90. The minimum atomic E-state index is -0.933. The SMILES string of the molecule is C=C(C)C(=O)OC(c1ccccc1)C(O)c1ccccc1. The Hall–Kier alpha value is -2.39. The van der Waals surface area contributed by atoms with E-state index in [1.165, 1.54) is 0 Å². The molecule has 0 aliphatic rings. The van der Waals surface area contributed by atoms with E-state index in [9.17, 15) is 9.90 Å². The number of aliphatic hydroxyl groups is 1. The number of hydrogen-bond acceptors (Lipinski definition) is 3. The van der Waals surface area contributed by atoms with Crippen LogP contribution >= 0.6 is 0 Å². The van der Waals surface area contributed by atoms with Crippen LogP contribution in [0.2, 0.25) is 0 Å². The second-order valence-electron chi connectivity index (χ2n) is 4.87. The van der Waals surface area contributed by atoms with Gasteiger partial charge in [0, 0.05) is 5.57 Å². The van der Waals surface area contributed by atoms with Gasteiger partial charge in [-0.3, -0.25) is 0 Å². The van der Waals surface area contributed by atoms with E-state index in [0.717, 1.165) is 5.56 Å². The molecule has 2 unspecified atom stereocenters. The summed E-state index contributed by atoms with van der Waals surface area (Å²) >= 11 is 0. The standard InChI is InChI=1S/C18H18O3/c1-13(2)18(20)21-17(15-11-7-4-8-12-15)16(19)14-9-5-3-6-10-14/h3-12,16-17,19H,1H2,2H3. The Morgan fingerprint density at radius 3 is 1.95 bits per heavy atom. The summed E-state index contributed by atoms with van der Waals surface area (Å²) < 4.78 is 5.43. The topological polar surface area (TPSA) is 46.5 Å². The summed E-state index contributed by atoms with van der Waals surface area (Å²) in [6, 6.07) is 18.3. The molecule has 2 aromatic rings. The monoisotopic (exact) mass is 282 g/mol. The predicted molar refractivity (Wildman–Crippen MR) is 81.5 cm³/mol. The average Bonchev–Trinajstić information content (AvgIpc) is 2.53. The van der Waals surface area contributed by atoms with Gasteiger partial charge in [0.15, 0.2) is 6.10 Å². The predicted octanol–water partition coefficient (Wildman–Crippen LogP) is 3.58. The first kappa shape index (κ1) is 15.0. The number of carbonyl (C=O) groups is 1. The third-order valence-corrected chi connectivity index (χ3v) is 3.14. The second-order valence-corrected chi connectivity index (χ2v) is 4.87. The third kappa shape index (κ3) is 3.80. The zero-order valence-electron chi connectivity index (χ0n) is 11.9. The van der Waals surface area contributed by atoms with Crippen molar-refractivity contribution in [2.45, 2.75) is 19.1 Å². The van der Waals surface area contributed by atoms with Gasteiger partial charge >= 0.3 is 5.97 Å². The van der Waals surface area contributed by atoms with E-state index in [4.69, 9.17) is 4.74 Å². The molecule has 2 rings (SSSR count). The van der Waals surface area contributed by atoms with Gasteiger partial charge in [-0.05, 0) is 18.1 Å². The van der Waals surface area contributed by atoms with Crippen LogP contribution in [0.15, 0.2) is 72.8 Å². The molecule has 2 atom stereocenters. The smallest absolute Gasteiger partial charge is 0.333 e. The number of benzene rings is 2. The lowest BCUT2D eigenvalue weighted by Crippen LogP contribution is -2.18. The minimum Gasteiger partial charge on any atom is -0.451 e. The zero-order valence-corrected chi connectivity index (χ0v) is 11.9. The average molecular weight is 282 g/mol. The maximum atomic E-state index is 11.8. The largest absolute Gasteiger partial charge is 0.451 e. The van der Waals surface area contributed by atoms with Crippen LogP contribution in [-0.2, 0) is 9.53 Å². The molecular formula is C18H18O3. The maximum Gasteiger partial charge on any atom is 0.333 e. The summed E-state index contributed by atoms with van der Waals surface area (Å²) in [7, 11) is 0. The maximum absolute atomic E-state index is 11.8. The van der Waals surface area contributed by atoms with E-state index in [1.807, 2.05) is 48.5 Å². The second kappa shape index (κ2) is 6.86. The Morgan fingerprint density at radius 1 is 1.00 bits per heavy atom. The number of rotatable bonds is 5. The molecule has 21 heavy (non-hydrogen) atoms. The van der Waals surface area contributed by atoms with Crippen molar-refractivity contribution in [2.24, 2.45) is 0 Å². The molecular weight excluding hydrogens is 264 g/mol. The molecule has 0 heterocycles.